The minimum atomic E-state index is 1.19. The number of thiophene rings is 4. The summed E-state index contributed by atoms with van der Waals surface area (Å²) in [5.74, 6) is 0. The Morgan fingerprint density at radius 3 is 0.808 bits per heavy atom. The van der Waals surface area contributed by atoms with E-state index in [0.717, 1.165) is 0 Å². The number of aryl methyl sites for hydroxylation is 4. The lowest BCUT2D eigenvalue weighted by atomic mass is 10.0. The fraction of sp³-hybridized carbons (Fsp3) is 0.649. The third kappa shape index (κ3) is 23.0. The van der Waals surface area contributed by atoms with Crippen molar-refractivity contribution in [3.8, 4) is 51.5 Å². The van der Waals surface area contributed by atoms with E-state index in [2.05, 4.69) is 122 Å². The molecule has 4 aromatic rings. The van der Waals surface area contributed by atoms with Crippen LogP contribution in [0.2, 0.25) is 0 Å². The van der Waals surface area contributed by atoms with Gasteiger partial charge < -0.3 is 0 Å². The molecule has 78 heavy (non-hydrogen) atoms. The van der Waals surface area contributed by atoms with Gasteiger partial charge in [0.15, 0.2) is 0 Å². The zero-order chi connectivity index (χ0) is 54.5. The van der Waals surface area contributed by atoms with Crippen LogP contribution in [0.4, 0.5) is 0 Å². The highest BCUT2D eigenvalue weighted by Gasteiger charge is 2.25. The maximum atomic E-state index is 2.66. The molecule has 2 aliphatic rings. The first kappa shape index (κ1) is 64.7. The van der Waals surface area contributed by atoms with E-state index in [9.17, 15) is 0 Å². The van der Waals surface area contributed by atoms with Gasteiger partial charge in [-0.05, 0) is 126 Å². The van der Waals surface area contributed by atoms with E-state index in [4.69, 9.17) is 0 Å². The van der Waals surface area contributed by atoms with Crippen LogP contribution in [0.3, 0.4) is 0 Å². The summed E-state index contributed by atoms with van der Waals surface area (Å²) in [5.41, 5.74) is 12.1. The van der Waals surface area contributed by atoms with Gasteiger partial charge in [0.05, 0.1) is 0 Å². The molecule has 0 radical (unpaired) electrons. The van der Waals surface area contributed by atoms with Crippen molar-refractivity contribution in [2.75, 3.05) is 0 Å². The third-order valence-corrected chi connectivity index (χ3v) is 21.8. The molecular formula is C74H112S4. The predicted octanol–water partition coefficient (Wildman–Crippen LogP) is 27.6. The summed E-state index contributed by atoms with van der Waals surface area (Å²) in [5, 5.41) is 4.80. The lowest BCUT2D eigenvalue weighted by Crippen LogP contribution is -1.90. The van der Waals surface area contributed by atoms with E-state index in [1.54, 1.807) is 41.8 Å². The zero-order valence-electron chi connectivity index (χ0n) is 50.7. The van der Waals surface area contributed by atoms with Crippen LogP contribution in [-0.2, 0) is 25.7 Å². The van der Waals surface area contributed by atoms with Gasteiger partial charge in [-0.1, -0.05) is 289 Å². The maximum absolute atomic E-state index is 2.66. The SMILES string of the molecule is CCCCCCCCCCCCc1ccsc1-c1sc(-c2cc(-c3cc(CCCCCCCCCCCC)c(-c4sccc4CCCCCCCCCCCC)s3)c3cccccc2-3)cc1CCCCCCCCCCCC. The van der Waals surface area contributed by atoms with Crippen LogP contribution in [0.5, 0.6) is 0 Å². The first-order valence-electron chi connectivity index (χ1n) is 33.6. The minimum Gasteiger partial charge on any atom is -0.143 e. The number of unbranched alkanes of at least 4 members (excludes halogenated alkanes) is 36. The van der Waals surface area contributed by atoms with Gasteiger partial charge in [0.25, 0.3) is 0 Å². The largest absolute Gasteiger partial charge is 0.143 e. The van der Waals surface area contributed by atoms with Crippen LogP contribution < -0.4 is 0 Å². The van der Waals surface area contributed by atoms with Crippen molar-refractivity contribution in [1.29, 1.82) is 0 Å². The fourth-order valence-corrected chi connectivity index (χ4v) is 17.1. The summed E-state index contributed by atoms with van der Waals surface area (Å²) >= 11 is 8.24. The first-order valence-corrected chi connectivity index (χ1v) is 37.0. The summed E-state index contributed by atoms with van der Waals surface area (Å²) in [6, 6.07) is 24.6. The Morgan fingerprint density at radius 1 is 0.244 bits per heavy atom. The smallest absolute Gasteiger partial charge is 0.0483 e. The molecule has 4 aromatic heterocycles. The van der Waals surface area contributed by atoms with E-state index in [0.29, 0.717) is 0 Å². The second-order valence-electron chi connectivity index (χ2n) is 23.9. The third-order valence-electron chi connectivity index (χ3n) is 17.2. The van der Waals surface area contributed by atoms with Crippen LogP contribution in [0.1, 0.15) is 307 Å². The molecule has 0 atom stereocenters. The minimum absolute atomic E-state index is 1.19. The van der Waals surface area contributed by atoms with Gasteiger partial charge in [-0.25, -0.2) is 0 Å². The van der Waals surface area contributed by atoms with Gasteiger partial charge >= 0.3 is 0 Å². The molecule has 0 amide bonds. The Labute approximate surface area is 497 Å². The molecular weight excluding hydrogens is 1020 g/mol. The lowest BCUT2D eigenvalue weighted by molar-refractivity contribution is 0.556. The number of rotatable bonds is 48. The maximum Gasteiger partial charge on any atom is 0.0483 e. The average Bonchev–Trinajstić information content (AvgIpc) is 4.42. The lowest BCUT2D eigenvalue weighted by Gasteiger charge is -2.07. The second kappa shape index (κ2) is 40.7. The predicted molar refractivity (Wildman–Crippen MR) is 359 cm³/mol. The van der Waals surface area contributed by atoms with E-state index < -0.39 is 0 Å². The first-order chi connectivity index (χ1) is 38.7. The Balaban J connectivity index is 1.22. The number of fused-ring (bicyclic) bond motifs is 1. The van der Waals surface area contributed by atoms with Crippen LogP contribution >= 0.6 is 45.3 Å². The molecule has 2 aliphatic carbocycles. The molecule has 4 heteroatoms. The molecule has 0 saturated heterocycles. The van der Waals surface area contributed by atoms with Gasteiger partial charge in [-0.3, -0.25) is 0 Å². The highest BCUT2D eigenvalue weighted by molar-refractivity contribution is 7.24. The molecule has 4 heterocycles. The van der Waals surface area contributed by atoms with Crippen molar-refractivity contribution >= 4 is 45.3 Å². The molecule has 0 bridgehead atoms. The molecule has 0 unspecified atom stereocenters. The molecule has 432 valence electrons. The van der Waals surface area contributed by atoms with Crippen molar-refractivity contribution in [3.63, 3.8) is 0 Å². The molecule has 6 rings (SSSR count). The molecule has 0 aliphatic heterocycles. The van der Waals surface area contributed by atoms with Gasteiger partial charge in [0.1, 0.15) is 0 Å². The monoisotopic (exact) mass is 1130 g/mol. The topological polar surface area (TPSA) is 0 Å². The number of hydrogen-bond acceptors (Lipinski definition) is 4. The molecule has 0 nitrogen and oxygen atoms in total. The van der Waals surface area contributed by atoms with Crippen molar-refractivity contribution in [2.45, 2.75) is 310 Å². The zero-order valence-corrected chi connectivity index (χ0v) is 53.9. The van der Waals surface area contributed by atoms with Crippen molar-refractivity contribution < 1.29 is 0 Å². The highest BCUT2D eigenvalue weighted by atomic mass is 32.1. The second-order valence-corrected chi connectivity index (χ2v) is 27.9. The van der Waals surface area contributed by atoms with E-state index >= 15 is 0 Å². The number of hydrogen-bond donors (Lipinski definition) is 0. The molecule has 0 N–H and O–H groups in total. The molecule has 0 fully saturated rings. The van der Waals surface area contributed by atoms with Crippen LogP contribution in [0.15, 0.2) is 71.4 Å². The molecule has 0 aromatic carbocycles. The van der Waals surface area contributed by atoms with Gasteiger partial charge in [-0.2, -0.15) is 0 Å². The standard InChI is InChI=1S/C74H112S4/c1-5-9-13-17-21-25-29-33-37-42-48-61-54-56-75-71(61)73-63(50-44-39-35-31-27-23-19-15-11-7-3)58-69(77-73)67-60-68(66-53-47-41-46-52-65(66)67)70-59-64(51-45-40-36-32-28-24-20-16-12-8-4)74(78-70)72-62(55-57-76-72)49-43-38-34-30-26-22-18-14-10-6-2/h41,46-47,52-60H,5-40,42-45,48-51H2,1-4H3. The van der Waals surface area contributed by atoms with E-state index in [-0.39, 0.29) is 0 Å². The van der Waals surface area contributed by atoms with Gasteiger partial charge in [0, 0.05) is 40.4 Å². The Bertz CT molecular complexity index is 2200. The summed E-state index contributed by atoms with van der Waals surface area (Å²) in [6.45, 7) is 9.30. The fourth-order valence-electron chi connectivity index (χ4n) is 12.3. The Hall–Kier alpha value is -2.50. The van der Waals surface area contributed by atoms with Crippen LogP contribution in [0.25, 0.3) is 51.5 Å². The molecule has 0 saturated carbocycles. The summed E-state index contributed by atoms with van der Waals surface area (Å²) < 4.78 is 0. The summed E-state index contributed by atoms with van der Waals surface area (Å²) in [6.07, 6.45) is 60.4. The van der Waals surface area contributed by atoms with Crippen LogP contribution in [0, 0.1) is 0 Å². The van der Waals surface area contributed by atoms with E-state index in [1.165, 1.54) is 315 Å². The van der Waals surface area contributed by atoms with Gasteiger partial charge in [0.2, 0.25) is 0 Å². The Kier molecular flexibility index (Phi) is 33.7. The molecule has 0 spiro atoms. The average molecular weight is 1130 g/mol. The van der Waals surface area contributed by atoms with Crippen molar-refractivity contribution in [1.82, 2.24) is 0 Å². The van der Waals surface area contributed by atoms with Crippen molar-refractivity contribution in [3.05, 3.63) is 93.7 Å². The summed E-state index contributed by atoms with van der Waals surface area (Å²) in [7, 11) is 0. The van der Waals surface area contributed by atoms with Crippen LogP contribution in [-0.4, -0.2) is 0 Å². The quantitative estimate of drug-likeness (QED) is 0.0334. The van der Waals surface area contributed by atoms with Crippen molar-refractivity contribution in [2.24, 2.45) is 0 Å². The normalized spacial score (nSPS) is 11.8. The van der Waals surface area contributed by atoms with E-state index in [1.807, 2.05) is 22.7 Å². The summed E-state index contributed by atoms with van der Waals surface area (Å²) in [4.78, 5) is 9.20. The Morgan fingerprint density at radius 2 is 0.513 bits per heavy atom. The highest BCUT2D eigenvalue weighted by Crippen LogP contribution is 2.52. The van der Waals surface area contributed by atoms with Gasteiger partial charge in [-0.15, -0.1) is 45.3 Å².